The highest BCUT2D eigenvalue weighted by Gasteiger charge is 2.09. The highest BCUT2D eigenvalue weighted by molar-refractivity contribution is 6.05. The summed E-state index contributed by atoms with van der Waals surface area (Å²) in [6.07, 6.45) is 0. The Morgan fingerprint density at radius 1 is 0.606 bits per heavy atom. The first-order valence-electron chi connectivity index (χ1n) is 10.5. The van der Waals surface area contributed by atoms with Crippen LogP contribution in [0.2, 0.25) is 0 Å². The number of hydrogen-bond acceptors (Lipinski definition) is 7. The van der Waals surface area contributed by atoms with Gasteiger partial charge in [-0.05, 0) is 76.2 Å². The van der Waals surface area contributed by atoms with Gasteiger partial charge in [0.05, 0.1) is 0 Å². The lowest BCUT2D eigenvalue weighted by Crippen LogP contribution is -2.12. The molecule has 0 atom stereocenters. The van der Waals surface area contributed by atoms with E-state index in [0.29, 0.717) is 23.1 Å². The van der Waals surface area contributed by atoms with Gasteiger partial charge >= 0.3 is 0 Å². The fourth-order valence-corrected chi connectivity index (χ4v) is 3.44. The second-order valence-corrected chi connectivity index (χ2v) is 7.81. The van der Waals surface area contributed by atoms with Gasteiger partial charge in [0.15, 0.2) is 0 Å². The molecule has 0 fully saturated rings. The fourth-order valence-electron chi connectivity index (χ4n) is 3.44. The summed E-state index contributed by atoms with van der Waals surface area (Å²) in [5.74, 6) is 0.792. The number of aryl methyl sites for hydroxylation is 4. The van der Waals surface area contributed by atoms with Crippen LogP contribution in [-0.2, 0) is 0 Å². The molecule has 0 bridgehead atoms. The number of hydrogen-bond donors (Lipinski definition) is 3. The summed E-state index contributed by atoms with van der Waals surface area (Å²) < 4.78 is 0. The Morgan fingerprint density at radius 3 is 1.61 bits per heavy atom. The highest BCUT2D eigenvalue weighted by Crippen LogP contribution is 2.21. The van der Waals surface area contributed by atoms with Crippen molar-refractivity contribution in [2.45, 2.75) is 27.7 Å². The lowest BCUT2D eigenvalue weighted by molar-refractivity contribution is 0.102. The molecular formula is C25H25N7O. The van der Waals surface area contributed by atoms with Crippen LogP contribution in [0.25, 0.3) is 0 Å². The Kier molecular flexibility index (Phi) is 6.26. The smallest absolute Gasteiger partial charge is 0.255 e. The van der Waals surface area contributed by atoms with Gasteiger partial charge < -0.3 is 16.0 Å². The second-order valence-electron chi connectivity index (χ2n) is 7.81. The van der Waals surface area contributed by atoms with Crippen LogP contribution in [-0.4, -0.2) is 25.8 Å². The van der Waals surface area contributed by atoms with E-state index in [-0.39, 0.29) is 5.91 Å². The number of rotatable bonds is 6. The number of carbonyl (C=O) groups is 1. The Bertz CT molecular complexity index is 1280. The summed E-state index contributed by atoms with van der Waals surface area (Å²) in [5.41, 5.74) is 6.20. The van der Waals surface area contributed by atoms with Crippen molar-refractivity contribution in [2.75, 3.05) is 16.0 Å². The van der Waals surface area contributed by atoms with E-state index in [2.05, 4.69) is 35.9 Å². The maximum atomic E-state index is 12.9. The molecule has 4 rings (SSSR count). The van der Waals surface area contributed by atoms with Gasteiger partial charge in [-0.3, -0.25) is 4.79 Å². The van der Waals surface area contributed by atoms with E-state index in [9.17, 15) is 4.79 Å². The molecule has 4 aromatic rings. The molecule has 0 saturated heterocycles. The van der Waals surface area contributed by atoms with E-state index in [0.717, 1.165) is 34.2 Å². The highest BCUT2D eigenvalue weighted by atomic mass is 16.1. The Hall–Kier alpha value is -4.33. The molecule has 0 saturated carbocycles. The first-order chi connectivity index (χ1) is 15.8. The van der Waals surface area contributed by atoms with Crippen LogP contribution >= 0.6 is 0 Å². The van der Waals surface area contributed by atoms with Crippen LogP contribution in [0.5, 0.6) is 0 Å². The zero-order chi connectivity index (χ0) is 23.4. The molecule has 0 unspecified atom stereocenters. The number of amides is 1. The van der Waals surface area contributed by atoms with Crippen molar-refractivity contribution in [3.8, 4) is 0 Å². The minimum absolute atomic E-state index is 0.222. The van der Waals surface area contributed by atoms with E-state index in [1.807, 2.05) is 76.2 Å². The average molecular weight is 440 g/mol. The molecule has 2 aromatic heterocycles. The summed E-state index contributed by atoms with van der Waals surface area (Å²) in [5, 5.41) is 9.29. The molecular weight excluding hydrogens is 414 g/mol. The van der Waals surface area contributed by atoms with Crippen LogP contribution < -0.4 is 16.0 Å². The Labute approximate surface area is 192 Å². The molecule has 0 aliphatic rings. The Balaban J connectivity index is 1.47. The number of carbonyl (C=O) groups excluding carboxylic acids is 1. The molecule has 0 aliphatic heterocycles. The number of anilines is 5. The number of nitrogens with one attached hydrogen (secondary N) is 3. The quantitative estimate of drug-likeness (QED) is 0.377. The van der Waals surface area contributed by atoms with Gasteiger partial charge in [0.1, 0.15) is 0 Å². The minimum atomic E-state index is -0.222. The largest absolute Gasteiger partial charge is 0.324 e. The summed E-state index contributed by atoms with van der Waals surface area (Å²) in [6, 6.07) is 18.4. The normalized spacial score (nSPS) is 10.5. The zero-order valence-electron chi connectivity index (χ0n) is 19.0. The fraction of sp³-hybridized carbons (Fsp3) is 0.160. The van der Waals surface area contributed by atoms with Gasteiger partial charge in [-0.1, -0.05) is 12.1 Å². The minimum Gasteiger partial charge on any atom is -0.324 e. The molecule has 0 spiro atoms. The van der Waals surface area contributed by atoms with Crippen LogP contribution in [0.4, 0.5) is 29.0 Å². The van der Waals surface area contributed by atoms with Crippen molar-refractivity contribution in [3.63, 3.8) is 0 Å². The number of aromatic nitrogens is 4. The first-order valence-corrected chi connectivity index (χ1v) is 10.5. The van der Waals surface area contributed by atoms with Crippen LogP contribution in [0.3, 0.4) is 0 Å². The van der Waals surface area contributed by atoms with Crippen molar-refractivity contribution >= 4 is 34.9 Å². The first kappa shape index (κ1) is 21.9. The Morgan fingerprint density at radius 2 is 1.06 bits per heavy atom. The molecule has 166 valence electrons. The van der Waals surface area contributed by atoms with E-state index in [1.54, 1.807) is 12.1 Å². The lowest BCUT2D eigenvalue weighted by Gasteiger charge is -2.11. The van der Waals surface area contributed by atoms with Crippen molar-refractivity contribution in [1.29, 1.82) is 0 Å². The molecule has 8 heteroatoms. The molecule has 33 heavy (non-hydrogen) atoms. The molecule has 1 amide bonds. The van der Waals surface area contributed by atoms with Crippen molar-refractivity contribution < 1.29 is 4.79 Å². The molecule has 2 heterocycles. The third kappa shape index (κ3) is 5.88. The zero-order valence-corrected chi connectivity index (χ0v) is 19.0. The average Bonchev–Trinajstić information content (AvgIpc) is 2.72. The molecule has 8 nitrogen and oxygen atoms in total. The molecule has 2 aromatic carbocycles. The predicted molar refractivity (Wildman–Crippen MR) is 130 cm³/mol. The van der Waals surface area contributed by atoms with Crippen LogP contribution in [0.1, 0.15) is 33.1 Å². The van der Waals surface area contributed by atoms with E-state index < -0.39 is 0 Å². The maximum Gasteiger partial charge on any atom is 0.255 e. The van der Waals surface area contributed by atoms with E-state index >= 15 is 0 Å². The standard InChI is InChI=1S/C25H25N7O/c1-15-11-16(2)27-24(26-15)31-20-8-5-7-19(13-20)23(33)30-21-9-6-10-22(14-21)32-25-28-17(3)12-18(4)29-25/h5-14H,1-4H3,(H,30,33)(H,26,27,31)(H,28,29,32). The monoisotopic (exact) mass is 439 g/mol. The van der Waals surface area contributed by atoms with Gasteiger partial charge in [-0.25, -0.2) is 19.9 Å². The van der Waals surface area contributed by atoms with Gasteiger partial charge in [0.2, 0.25) is 11.9 Å². The molecule has 0 aliphatic carbocycles. The van der Waals surface area contributed by atoms with Gasteiger partial charge in [-0.15, -0.1) is 0 Å². The summed E-state index contributed by atoms with van der Waals surface area (Å²) in [6.45, 7) is 7.68. The van der Waals surface area contributed by atoms with Gasteiger partial charge in [0, 0.05) is 45.4 Å². The van der Waals surface area contributed by atoms with E-state index in [4.69, 9.17) is 0 Å². The van der Waals surface area contributed by atoms with Gasteiger partial charge in [0.25, 0.3) is 5.91 Å². The number of benzene rings is 2. The van der Waals surface area contributed by atoms with Crippen molar-refractivity contribution in [1.82, 2.24) is 19.9 Å². The maximum absolute atomic E-state index is 12.9. The molecule has 0 radical (unpaired) electrons. The second kappa shape index (κ2) is 9.44. The lowest BCUT2D eigenvalue weighted by atomic mass is 10.1. The van der Waals surface area contributed by atoms with Crippen LogP contribution in [0.15, 0.2) is 60.7 Å². The molecule has 3 N–H and O–H groups in total. The third-order valence-electron chi connectivity index (χ3n) is 4.72. The number of nitrogens with zero attached hydrogens (tertiary/aromatic N) is 4. The van der Waals surface area contributed by atoms with Crippen LogP contribution in [0, 0.1) is 27.7 Å². The third-order valence-corrected chi connectivity index (χ3v) is 4.72. The summed E-state index contributed by atoms with van der Waals surface area (Å²) >= 11 is 0. The summed E-state index contributed by atoms with van der Waals surface area (Å²) in [4.78, 5) is 30.4. The predicted octanol–water partition coefficient (Wildman–Crippen LogP) is 5.24. The van der Waals surface area contributed by atoms with Gasteiger partial charge in [-0.2, -0.15) is 0 Å². The summed E-state index contributed by atoms with van der Waals surface area (Å²) in [7, 11) is 0. The van der Waals surface area contributed by atoms with E-state index in [1.165, 1.54) is 0 Å². The van der Waals surface area contributed by atoms with Crippen molar-refractivity contribution in [2.24, 2.45) is 0 Å². The van der Waals surface area contributed by atoms with Crippen molar-refractivity contribution in [3.05, 3.63) is 89.0 Å². The topological polar surface area (TPSA) is 105 Å². The SMILES string of the molecule is Cc1cc(C)nc(Nc2cccc(NC(=O)c3cccc(Nc4nc(C)cc(C)n4)c3)c2)n1.